The van der Waals surface area contributed by atoms with E-state index in [1.54, 1.807) is 18.2 Å². The maximum absolute atomic E-state index is 11.6. The fourth-order valence-corrected chi connectivity index (χ4v) is 2.12. The van der Waals surface area contributed by atoms with Crippen LogP contribution in [-0.2, 0) is 6.54 Å². The molecule has 2 aromatic rings. The predicted octanol–water partition coefficient (Wildman–Crippen LogP) is 1.80. The van der Waals surface area contributed by atoms with Gasteiger partial charge < -0.3 is 0 Å². The smallest absolute Gasteiger partial charge is 0.289 e. The molecule has 2 rings (SSSR count). The molecule has 1 aromatic carbocycles. The summed E-state index contributed by atoms with van der Waals surface area (Å²) in [4.78, 5) is 34.6. The highest BCUT2D eigenvalue weighted by Gasteiger charge is 2.16. The number of nitrogens with one attached hydrogen (secondary N) is 1. The molecule has 0 spiro atoms. The van der Waals surface area contributed by atoms with Crippen LogP contribution < -0.4 is 11.2 Å². The van der Waals surface area contributed by atoms with Gasteiger partial charge in [0.1, 0.15) is 0 Å². The molecule has 0 aliphatic rings. The lowest BCUT2D eigenvalue weighted by atomic mass is 10.2. The fraction of sp³-hybridized carbons (Fsp3) is 0.0909. The second kappa shape index (κ2) is 5.48. The zero-order valence-electron chi connectivity index (χ0n) is 9.80. The molecule has 0 radical (unpaired) electrons. The van der Waals surface area contributed by atoms with E-state index in [-0.39, 0.29) is 6.54 Å². The Morgan fingerprint density at radius 2 is 1.85 bits per heavy atom. The molecular weight excluding hydrogens is 309 g/mol. The van der Waals surface area contributed by atoms with Gasteiger partial charge in [-0.25, -0.2) is 4.79 Å². The standard InChI is InChI=1S/C11H7Cl2N3O4/c12-7-2-1-3-8(13)6(7)4-15-5-9(16(19)20)10(17)14-11(15)18/h1-3,5H,4H2,(H,14,17,18). The third-order valence-corrected chi connectivity index (χ3v) is 3.29. The quantitative estimate of drug-likeness (QED) is 0.689. The van der Waals surface area contributed by atoms with Crippen molar-refractivity contribution in [1.29, 1.82) is 0 Å². The molecule has 0 aliphatic heterocycles. The van der Waals surface area contributed by atoms with E-state index < -0.39 is 21.9 Å². The first-order chi connectivity index (χ1) is 9.40. The molecule has 0 amide bonds. The van der Waals surface area contributed by atoms with E-state index in [0.717, 1.165) is 10.8 Å². The van der Waals surface area contributed by atoms with Gasteiger partial charge in [-0.1, -0.05) is 29.3 Å². The summed E-state index contributed by atoms with van der Waals surface area (Å²) in [5.41, 5.74) is -2.13. The summed E-state index contributed by atoms with van der Waals surface area (Å²) in [7, 11) is 0. The minimum atomic E-state index is -1.05. The van der Waals surface area contributed by atoms with Gasteiger partial charge in [0, 0.05) is 15.6 Å². The summed E-state index contributed by atoms with van der Waals surface area (Å²) in [5, 5.41) is 11.3. The van der Waals surface area contributed by atoms with Crippen LogP contribution in [0.3, 0.4) is 0 Å². The van der Waals surface area contributed by atoms with Crippen molar-refractivity contribution >= 4 is 28.9 Å². The lowest BCUT2D eigenvalue weighted by molar-refractivity contribution is -0.386. The minimum Gasteiger partial charge on any atom is -0.289 e. The van der Waals surface area contributed by atoms with E-state index in [1.807, 2.05) is 4.98 Å². The van der Waals surface area contributed by atoms with Crippen LogP contribution in [0.25, 0.3) is 0 Å². The molecule has 0 saturated heterocycles. The van der Waals surface area contributed by atoms with Crippen LogP contribution in [0.15, 0.2) is 34.0 Å². The van der Waals surface area contributed by atoms with Crippen molar-refractivity contribution < 1.29 is 4.92 Å². The lowest BCUT2D eigenvalue weighted by Gasteiger charge is -2.08. The Morgan fingerprint density at radius 3 is 2.40 bits per heavy atom. The molecule has 0 aliphatic carbocycles. The SMILES string of the molecule is O=c1[nH]c(=O)n(Cc2c(Cl)cccc2Cl)cc1[N+](=O)[O-]. The van der Waals surface area contributed by atoms with E-state index in [1.165, 1.54) is 0 Å². The summed E-state index contributed by atoms with van der Waals surface area (Å²) < 4.78 is 0.965. The third kappa shape index (κ3) is 2.73. The van der Waals surface area contributed by atoms with Crippen molar-refractivity contribution in [3.8, 4) is 0 Å². The largest absolute Gasteiger partial charge is 0.350 e. The highest BCUT2D eigenvalue weighted by Crippen LogP contribution is 2.24. The van der Waals surface area contributed by atoms with Gasteiger partial charge in [0.25, 0.3) is 0 Å². The molecule has 0 unspecified atom stereocenters. The Labute approximate surface area is 121 Å². The zero-order chi connectivity index (χ0) is 14.9. The van der Waals surface area contributed by atoms with Crippen molar-refractivity contribution in [3.63, 3.8) is 0 Å². The molecule has 20 heavy (non-hydrogen) atoms. The van der Waals surface area contributed by atoms with Gasteiger partial charge in [-0.3, -0.25) is 24.5 Å². The topological polar surface area (TPSA) is 98.0 Å². The molecule has 1 N–H and O–H groups in total. The Hall–Kier alpha value is -2.12. The van der Waals surface area contributed by atoms with Crippen LogP contribution in [-0.4, -0.2) is 14.5 Å². The monoisotopic (exact) mass is 315 g/mol. The van der Waals surface area contributed by atoms with Crippen molar-refractivity contribution in [2.24, 2.45) is 0 Å². The van der Waals surface area contributed by atoms with Crippen LogP contribution in [0.1, 0.15) is 5.56 Å². The summed E-state index contributed by atoms with van der Waals surface area (Å²) in [6, 6.07) is 4.79. The van der Waals surface area contributed by atoms with E-state index in [2.05, 4.69) is 0 Å². The third-order valence-electron chi connectivity index (χ3n) is 2.58. The first-order valence-corrected chi connectivity index (χ1v) is 6.07. The van der Waals surface area contributed by atoms with Crippen molar-refractivity contribution in [2.45, 2.75) is 6.54 Å². The van der Waals surface area contributed by atoms with E-state index in [0.29, 0.717) is 15.6 Å². The number of H-pyrrole nitrogens is 1. The zero-order valence-corrected chi connectivity index (χ0v) is 11.3. The number of rotatable bonds is 3. The first kappa shape index (κ1) is 14.3. The number of aromatic amines is 1. The summed E-state index contributed by atoms with van der Waals surface area (Å²) in [5.74, 6) is 0. The number of aromatic nitrogens is 2. The second-order valence-electron chi connectivity index (χ2n) is 3.86. The maximum atomic E-state index is 11.6. The normalized spacial score (nSPS) is 10.5. The summed E-state index contributed by atoms with van der Waals surface area (Å²) in [6.45, 7) is -0.0883. The predicted molar refractivity (Wildman–Crippen MR) is 73.5 cm³/mol. The second-order valence-corrected chi connectivity index (χ2v) is 4.67. The lowest BCUT2D eigenvalue weighted by Crippen LogP contribution is -2.31. The number of halogens is 2. The Balaban J connectivity index is 2.55. The van der Waals surface area contributed by atoms with E-state index in [9.17, 15) is 19.7 Å². The van der Waals surface area contributed by atoms with E-state index in [4.69, 9.17) is 23.2 Å². The van der Waals surface area contributed by atoms with Crippen LogP contribution >= 0.6 is 23.2 Å². The van der Waals surface area contributed by atoms with Crippen LogP contribution in [0.2, 0.25) is 10.0 Å². The van der Waals surface area contributed by atoms with Gasteiger partial charge in [0.2, 0.25) is 0 Å². The van der Waals surface area contributed by atoms with E-state index >= 15 is 0 Å². The Kier molecular flexibility index (Phi) is 3.91. The Morgan fingerprint density at radius 1 is 1.25 bits per heavy atom. The molecule has 0 fully saturated rings. The first-order valence-electron chi connectivity index (χ1n) is 5.31. The fourth-order valence-electron chi connectivity index (χ4n) is 1.60. The van der Waals surface area contributed by atoms with Gasteiger partial charge >= 0.3 is 16.9 Å². The molecular formula is C11H7Cl2N3O4. The van der Waals surface area contributed by atoms with Gasteiger partial charge in [-0.05, 0) is 12.1 Å². The average molecular weight is 316 g/mol. The van der Waals surface area contributed by atoms with Crippen LogP contribution in [0, 0.1) is 10.1 Å². The number of benzene rings is 1. The molecule has 1 heterocycles. The number of nitrogens with zero attached hydrogens (tertiary/aromatic N) is 2. The molecule has 9 heteroatoms. The summed E-state index contributed by atoms with van der Waals surface area (Å²) in [6.07, 6.45) is 0.862. The highest BCUT2D eigenvalue weighted by atomic mass is 35.5. The highest BCUT2D eigenvalue weighted by molar-refractivity contribution is 6.35. The van der Waals surface area contributed by atoms with Crippen LogP contribution in [0.5, 0.6) is 0 Å². The molecule has 1 aromatic heterocycles. The van der Waals surface area contributed by atoms with Gasteiger partial charge in [0.15, 0.2) is 0 Å². The minimum absolute atomic E-state index is 0.0883. The number of nitro groups is 1. The van der Waals surface area contributed by atoms with Gasteiger partial charge in [-0.2, -0.15) is 0 Å². The molecule has 7 nitrogen and oxygen atoms in total. The molecule has 0 saturated carbocycles. The van der Waals surface area contributed by atoms with Gasteiger partial charge in [0.05, 0.1) is 17.7 Å². The van der Waals surface area contributed by atoms with Crippen molar-refractivity contribution in [3.05, 3.63) is 71.0 Å². The maximum Gasteiger partial charge on any atom is 0.350 e. The average Bonchev–Trinajstić information content (AvgIpc) is 2.35. The molecule has 104 valence electrons. The molecule has 0 atom stereocenters. The number of hydrogen-bond acceptors (Lipinski definition) is 4. The summed E-state index contributed by atoms with van der Waals surface area (Å²) >= 11 is 11.9. The van der Waals surface area contributed by atoms with Gasteiger partial charge in [-0.15, -0.1) is 0 Å². The molecule has 0 bridgehead atoms. The van der Waals surface area contributed by atoms with Crippen molar-refractivity contribution in [2.75, 3.05) is 0 Å². The Bertz CT molecular complexity index is 777. The van der Waals surface area contributed by atoms with Crippen LogP contribution in [0.4, 0.5) is 5.69 Å². The number of hydrogen-bond donors (Lipinski definition) is 1. The van der Waals surface area contributed by atoms with Crippen molar-refractivity contribution in [1.82, 2.24) is 9.55 Å².